The van der Waals surface area contributed by atoms with E-state index >= 15 is 0 Å². The number of aromatic nitrogens is 2. The standard InChI is InChI=1S/C20H24ClN3O3/c1-14-7-6-10-23(11-14)17(25)13-27-20(26)18-15(2)22-24(19(18)21)12-16-8-4-3-5-9-16/h3-5,8-9,14H,6-7,10-13H2,1-2H3/t14-/m1/s1. The molecule has 1 amide bonds. The lowest BCUT2D eigenvalue weighted by atomic mass is 10.0. The molecule has 1 aromatic carbocycles. The highest BCUT2D eigenvalue weighted by Gasteiger charge is 2.25. The van der Waals surface area contributed by atoms with Gasteiger partial charge < -0.3 is 9.64 Å². The molecule has 0 N–H and O–H groups in total. The first kappa shape index (κ1) is 19.4. The molecule has 0 radical (unpaired) electrons. The summed E-state index contributed by atoms with van der Waals surface area (Å²) in [4.78, 5) is 26.5. The summed E-state index contributed by atoms with van der Waals surface area (Å²) in [5, 5.41) is 4.56. The summed E-state index contributed by atoms with van der Waals surface area (Å²) in [5.41, 5.74) is 1.73. The molecule has 2 heterocycles. The fourth-order valence-corrected chi connectivity index (χ4v) is 3.66. The average Bonchev–Trinajstić information content (AvgIpc) is 2.93. The zero-order valence-electron chi connectivity index (χ0n) is 15.7. The predicted molar refractivity (Wildman–Crippen MR) is 103 cm³/mol. The number of carbonyl (C=O) groups is 2. The second-order valence-corrected chi connectivity index (χ2v) is 7.42. The minimum absolute atomic E-state index is 0.166. The SMILES string of the molecule is Cc1nn(Cc2ccccc2)c(Cl)c1C(=O)OCC(=O)N1CCC[C@@H](C)C1. The number of halogens is 1. The first-order chi connectivity index (χ1) is 13.0. The molecule has 0 bridgehead atoms. The summed E-state index contributed by atoms with van der Waals surface area (Å²) in [5.74, 6) is -0.304. The van der Waals surface area contributed by atoms with Gasteiger partial charge in [-0.25, -0.2) is 9.48 Å². The lowest BCUT2D eigenvalue weighted by Crippen LogP contribution is -2.41. The van der Waals surface area contributed by atoms with Crippen molar-refractivity contribution in [1.29, 1.82) is 0 Å². The Labute approximate surface area is 164 Å². The largest absolute Gasteiger partial charge is 0.452 e. The molecule has 1 aliphatic rings. The maximum absolute atomic E-state index is 12.5. The topological polar surface area (TPSA) is 64.4 Å². The van der Waals surface area contributed by atoms with E-state index in [4.69, 9.17) is 16.3 Å². The highest BCUT2D eigenvalue weighted by Crippen LogP contribution is 2.22. The molecule has 1 aromatic heterocycles. The maximum atomic E-state index is 12.5. The molecule has 1 atom stereocenters. The second kappa shape index (κ2) is 8.57. The molecule has 1 fully saturated rings. The smallest absolute Gasteiger partial charge is 0.343 e. The van der Waals surface area contributed by atoms with E-state index < -0.39 is 5.97 Å². The summed E-state index contributed by atoms with van der Waals surface area (Å²) >= 11 is 6.36. The van der Waals surface area contributed by atoms with Gasteiger partial charge in [0.15, 0.2) is 6.61 Å². The van der Waals surface area contributed by atoms with E-state index in [0.29, 0.717) is 24.7 Å². The van der Waals surface area contributed by atoms with E-state index in [1.54, 1.807) is 16.5 Å². The van der Waals surface area contributed by atoms with Gasteiger partial charge in [0.05, 0.1) is 12.2 Å². The summed E-state index contributed by atoms with van der Waals surface area (Å²) in [6, 6.07) is 9.72. The number of amides is 1. The second-order valence-electron chi connectivity index (χ2n) is 7.06. The van der Waals surface area contributed by atoms with Gasteiger partial charge in [-0.15, -0.1) is 0 Å². The number of ether oxygens (including phenoxy) is 1. The van der Waals surface area contributed by atoms with Crippen LogP contribution in [0.25, 0.3) is 0 Å². The third-order valence-electron chi connectivity index (χ3n) is 4.78. The highest BCUT2D eigenvalue weighted by molar-refractivity contribution is 6.32. The molecular formula is C20H24ClN3O3. The lowest BCUT2D eigenvalue weighted by Gasteiger charge is -2.30. The van der Waals surface area contributed by atoms with Crippen LogP contribution >= 0.6 is 11.6 Å². The number of nitrogens with zero attached hydrogens (tertiary/aromatic N) is 3. The van der Waals surface area contributed by atoms with Crippen LogP contribution in [0, 0.1) is 12.8 Å². The van der Waals surface area contributed by atoms with Crippen molar-refractivity contribution in [2.75, 3.05) is 19.7 Å². The van der Waals surface area contributed by atoms with Crippen LogP contribution in [0.4, 0.5) is 0 Å². The quantitative estimate of drug-likeness (QED) is 0.736. The Hall–Kier alpha value is -2.34. The number of esters is 1. The Kier molecular flexibility index (Phi) is 6.16. The van der Waals surface area contributed by atoms with Crippen LogP contribution in [-0.2, 0) is 16.1 Å². The van der Waals surface area contributed by atoms with Crippen molar-refractivity contribution in [3.63, 3.8) is 0 Å². The predicted octanol–water partition coefficient (Wildman–Crippen LogP) is 3.31. The molecule has 2 aromatic rings. The number of hydrogen-bond acceptors (Lipinski definition) is 4. The Morgan fingerprint density at radius 3 is 2.74 bits per heavy atom. The van der Waals surface area contributed by atoms with Crippen LogP contribution in [0.15, 0.2) is 30.3 Å². The fourth-order valence-electron chi connectivity index (χ4n) is 3.35. The molecule has 6 nitrogen and oxygen atoms in total. The Bertz CT molecular complexity index is 819. The minimum atomic E-state index is -0.616. The van der Waals surface area contributed by atoms with Gasteiger partial charge in [0, 0.05) is 13.1 Å². The van der Waals surface area contributed by atoms with Crippen LogP contribution in [0.2, 0.25) is 5.15 Å². The Balaban J connectivity index is 1.63. The van der Waals surface area contributed by atoms with Crippen molar-refractivity contribution in [2.24, 2.45) is 5.92 Å². The van der Waals surface area contributed by atoms with Crippen LogP contribution in [0.3, 0.4) is 0 Å². The number of benzene rings is 1. The monoisotopic (exact) mass is 389 g/mol. The molecule has 1 aliphatic heterocycles. The molecule has 0 aliphatic carbocycles. The average molecular weight is 390 g/mol. The molecule has 144 valence electrons. The number of hydrogen-bond donors (Lipinski definition) is 0. The molecule has 27 heavy (non-hydrogen) atoms. The summed E-state index contributed by atoms with van der Waals surface area (Å²) < 4.78 is 6.80. The van der Waals surface area contributed by atoms with E-state index in [1.165, 1.54) is 0 Å². The van der Waals surface area contributed by atoms with Crippen molar-refractivity contribution in [3.8, 4) is 0 Å². The van der Waals surface area contributed by atoms with Crippen LogP contribution in [0.1, 0.15) is 41.4 Å². The first-order valence-corrected chi connectivity index (χ1v) is 9.55. The third-order valence-corrected chi connectivity index (χ3v) is 5.17. The van der Waals surface area contributed by atoms with E-state index in [9.17, 15) is 9.59 Å². The van der Waals surface area contributed by atoms with E-state index in [-0.39, 0.29) is 23.2 Å². The summed E-state index contributed by atoms with van der Waals surface area (Å²) in [6.45, 7) is 5.44. The highest BCUT2D eigenvalue weighted by atomic mass is 35.5. The van der Waals surface area contributed by atoms with E-state index in [2.05, 4.69) is 12.0 Å². The first-order valence-electron chi connectivity index (χ1n) is 9.17. The molecular weight excluding hydrogens is 366 g/mol. The zero-order valence-corrected chi connectivity index (χ0v) is 16.4. The molecule has 3 rings (SSSR count). The van der Waals surface area contributed by atoms with Crippen LogP contribution in [-0.4, -0.2) is 46.3 Å². The summed E-state index contributed by atoms with van der Waals surface area (Å²) in [6.07, 6.45) is 2.11. The van der Waals surface area contributed by atoms with Gasteiger partial charge in [-0.2, -0.15) is 5.10 Å². The van der Waals surface area contributed by atoms with Crippen molar-refractivity contribution in [2.45, 2.75) is 33.2 Å². The number of rotatable bonds is 5. The number of likely N-dealkylation sites (tertiary alicyclic amines) is 1. The van der Waals surface area contributed by atoms with Crippen LogP contribution in [0.5, 0.6) is 0 Å². The van der Waals surface area contributed by atoms with Gasteiger partial charge in [0.2, 0.25) is 0 Å². The van der Waals surface area contributed by atoms with Gasteiger partial charge in [0.25, 0.3) is 5.91 Å². The number of piperidine rings is 1. The van der Waals surface area contributed by atoms with Crippen molar-refractivity contribution >= 4 is 23.5 Å². The summed E-state index contributed by atoms with van der Waals surface area (Å²) in [7, 11) is 0. The van der Waals surface area contributed by atoms with E-state index in [1.807, 2.05) is 30.3 Å². The van der Waals surface area contributed by atoms with E-state index in [0.717, 1.165) is 24.9 Å². The van der Waals surface area contributed by atoms with Crippen molar-refractivity contribution in [3.05, 3.63) is 52.3 Å². The maximum Gasteiger partial charge on any atom is 0.343 e. The van der Waals surface area contributed by atoms with Gasteiger partial charge in [-0.1, -0.05) is 48.9 Å². The van der Waals surface area contributed by atoms with Gasteiger partial charge in [0.1, 0.15) is 10.7 Å². The fraction of sp³-hybridized carbons (Fsp3) is 0.450. The van der Waals surface area contributed by atoms with Crippen LogP contribution < -0.4 is 0 Å². The Morgan fingerprint density at radius 1 is 1.30 bits per heavy atom. The third kappa shape index (κ3) is 4.69. The molecule has 0 spiro atoms. The normalized spacial score (nSPS) is 17.0. The van der Waals surface area contributed by atoms with Gasteiger partial charge in [-0.05, 0) is 31.2 Å². The molecule has 0 unspecified atom stereocenters. The molecule has 0 saturated carbocycles. The number of aryl methyl sites for hydroxylation is 1. The van der Waals surface area contributed by atoms with Gasteiger partial charge in [-0.3, -0.25) is 4.79 Å². The number of carbonyl (C=O) groups excluding carboxylic acids is 2. The minimum Gasteiger partial charge on any atom is -0.452 e. The lowest BCUT2D eigenvalue weighted by molar-refractivity contribution is -0.136. The zero-order chi connectivity index (χ0) is 19.4. The molecule has 7 heteroatoms. The Morgan fingerprint density at radius 2 is 2.04 bits per heavy atom. The van der Waals surface area contributed by atoms with Gasteiger partial charge >= 0.3 is 5.97 Å². The van der Waals surface area contributed by atoms with Crippen molar-refractivity contribution in [1.82, 2.24) is 14.7 Å². The van der Waals surface area contributed by atoms with Crippen molar-refractivity contribution < 1.29 is 14.3 Å². The molecule has 1 saturated heterocycles.